The quantitative estimate of drug-likeness (QED) is 0.640. The van der Waals surface area contributed by atoms with Crippen LogP contribution < -0.4 is 5.32 Å². The fourth-order valence-electron chi connectivity index (χ4n) is 3.58. The minimum atomic E-state index is 0.273. The highest BCUT2D eigenvalue weighted by Crippen LogP contribution is 2.24. The Bertz CT molecular complexity index is 862. The summed E-state index contributed by atoms with van der Waals surface area (Å²) in [6.07, 6.45) is 5.50. The first-order valence-electron chi connectivity index (χ1n) is 9.52. The molecule has 6 nitrogen and oxygen atoms in total. The second-order valence-electron chi connectivity index (χ2n) is 6.86. The van der Waals surface area contributed by atoms with E-state index in [1.54, 1.807) is 6.20 Å². The Labute approximate surface area is 169 Å². The van der Waals surface area contributed by atoms with Gasteiger partial charge < -0.3 is 10.1 Å². The first-order valence-corrected chi connectivity index (χ1v) is 9.89. The van der Waals surface area contributed by atoms with Gasteiger partial charge in [0.25, 0.3) is 0 Å². The number of ether oxygens (including phenoxy) is 1. The van der Waals surface area contributed by atoms with Crippen molar-refractivity contribution in [1.29, 1.82) is 0 Å². The molecule has 4 rings (SSSR count). The van der Waals surface area contributed by atoms with E-state index in [1.807, 2.05) is 36.7 Å². The van der Waals surface area contributed by atoms with E-state index in [1.165, 1.54) is 5.56 Å². The molecule has 1 atom stereocenters. The first-order chi connectivity index (χ1) is 13.8. The topological polar surface area (TPSA) is 66.1 Å². The number of halogens is 1. The lowest BCUT2D eigenvalue weighted by Crippen LogP contribution is -2.42. The monoisotopic (exact) mass is 397 g/mol. The molecule has 146 valence electrons. The van der Waals surface area contributed by atoms with Crippen molar-refractivity contribution in [2.75, 3.05) is 32.8 Å². The molecule has 0 amide bonds. The fraction of sp³-hybridized carbons (Fsp3) is 0.333. The lowest BCUT2D eigenvalue weighted by atomic mass is 10.0. The number of nitrogens with zero attached hydrogens (tertiary/aromatic N) is 3. The second kappa shape index (κ2) is 9.30. The first kappa shape index (κ1) is 19.1. The summed E-state index contributed by atoms with van der Waals surface area (Å²) in [5.41, 5.74) is 4.44. The van der Waals surface area contributed by atoms with Gasteiger partial charge in [0.05, 0.1) is 25.1 Å². The van der Waals surface area contributed by atoms with E-state index in [4.69, 9.17) is 16.3 Å². The molecule has 3 heterocycles. The van der Waals surface area contributed by atoms with E-state index in [0.29, 0.717) is 0 Å². The fourth-order valence-corrected chi connectivity index (χ4v) is 3.71. The smallest absolute Gasteiger partial charge is 0.0710 e. The van der Waals surface area contributed by atoms with Crippen LogP contribution in [0.25, 0.3) is 11.3 Å². The number of pyridine rings is 1. The zero-order valence-corrected chi connectivity index (χ0v) is 16.4. The van der Waals surface area contributed by atoms with Gasteiger partial charge in [-0.15, -0.1) is 0 Å². The van der Waals surface area contributed by atoms with Crippen LogP contribution in [0.5, 0.6) is 0 Å². The van der Waals surface area contributed by atoms with Gasteiger partial charge >= 0.3 is 0 Å². The van der Waals surface area contributed by atoms with Crippen LogP contribution in [0.1, 0.15) is 17.2 Å². The van der Waals surface area contributed by atoms with Crippen LogP contribution in [0, 0.1) is 0 Å². The predicted octanol–water partition coefficient (Wildman–Crippen LogP) is 3.29. The summed E-state index contributed by atoms with van der Waals surface area (Å²) in [5.74, 6) is 0. The summed E-state index contributed by atoms with van der Waals surface area (Å²) in [7, 11) is 0. The van der Waals surface area contributed by atoms with Gasteiger partial charge in [0, 0.05) is 60.8 Å². The Morgan fingerprint density at radius 3 is 2.71 bits per heavy atom. The molecule has 1 fully saturated rings. The van der Waals surface area contributed by atoms with E-state index in [9.17, 15) is 0 Å². The van der Waals surface area contributed by atoms with E-state index >= 15 is 0 Å². The maximum atomic E-state index is 6.08. The molecule has 0 radical (unpaired) electrons. The van der Waals surface area contributed by atoms with Crippen molar-refractivity contribution in [3.63, 3.8) is 0 Å². The SMILES string of the molecule is Clc1ccc(C(CNCc2cn[nH]c2-c2cccnc2)N2CCOCC2)cc1. The van der Waals surface area contributed by atoms with Crippen molar-refractivity contribution < 1.29 is 4.74 Å². The zero-order chi connectivity index (χ0) is 19.2. The van der Waals surface area contributed by atoms with Gasteiger partial charge in [0.1, 0.15) is 0 Å². The normalized spacial score (nSPS) is 16.2. The largest absolute Gasteiger partial charge is 0.379 e. The molecule has 7 heteroatoms. The molecule has 1 aliphatic rings. The molecule has 0 aliphatic carbocycles. The molecule has 2 aromatic heterocycles. The van der Waals surface area contributed by atoms with Crippen molar-refractivity contribution in [2.24, 2.45) is 0 Å². The van der Waals surface area contributed by atoms with Crippen LogP contribution in [0.15, 0.2) is 55.0 Å². The summed E-state index contributed by atoms with van der Waals surface area (Å²) >= 11 is 6.08. The number of hydrogen-bond donors (Lipinski definition) is 2. The van der Waals surface area contributed by atoms with Gasteiger partial charge in [0.2, 0.25) is 0 Å². The number of nitrogens with one attached hydrogen (secondary N) is 2. The molecule has 0 saturated carbocycles. The number of hydrogen-bond acceptors (Lipinski definition) is 5. The van der Waals surface area contributed by atoms with Crippen molar-refractivity contribution in [3.8, 4) is 11.3 Å². The van der Waals surface area contributed by atoms with Gasteiger partial charge in [-0.05, 0) is 29.8 Å². The molecular formula is C21H24ClN5O. The summed E-state index contributed by atoms with van der Waals surface area (Å²) in [6, 6.07) is 12.4. The van der Waals surface area contributed by atoms with Crippen molar-refractivity contribution >= 4 is 11.6 Å². The third kappa shape index (κ3) is 4.59. The Morgan fingerprint density at radius 2 is 1.96 bits per heavy atom. The summed E-state index contributed by atoms with van der Waals surface area (Å²) < 4.78 is 5.53. The predicted molar refractivity (Wildman–Crippen MR) is 110 cm³/mol. The van der Waals surface area contributed by atoms with Crippen LogP contribution in [0.2, 0.25) is 5.02 Å². The summed E-state index contributed by atoms with van der Waals surface area (Å²) in [5, 5.41) is 11.7. The molecular weight excluding hydrogens is 374 g/mol. The number of aromatic nitrogens is 3. The van der Waals surface area contributed by atoms with Crippen molar-refractivity contribution in [2.45, 2.75) is 12.6 Å². The van der Waals surface area contributed by atoms with Gasteiger partial charge in [-0.25, -0.2) is 0 Å². The lowest BCUT2D eigenvalue weighted by Gasteiger charge is -2.35. The minimum absolute atomic E-state index is 0.273. The number of H-pyrrole nitrogens is 1. The number of benzene rings is 1. The Balaban J connectivity index is 1.45. The molecule has 1 aliphatic heterocycles. The summed E-state index contributed by atoms with van der Waals surface area (Å²) in [4.78, 5) is 6.67. The second-order valence-corrected chi connectivity index (χ2v) is 7.29. The van der Waals surface area contributed by atoms with Crippen molar-refractivity contribution in [3.05, 3.63) is 71.1 Å². The molecule has 3 aromatic rings. The van der Waals surface area contributed by atoms with E-state index in [0.717, 1.165) is 61.2 Å². The van der Waals surface area contributed by atoms with Gasteiger partial charge in [-0.3, -0.25) is 15.0 Å². The molecule has 1 unspecified atom stereocenters. The van der Waals surface area contributed by atoms with Crippen LogP contribution in [-0.4, -0.2) is 52.9 Å². The average Bonchev–Trinajstić information content (AvgIpc) is 3.22. The molecule has 28 heavy (non-hydrogen) atoms. The number of rotatable bonds is 7. The molecule has 0 bridgehead atoms. The highest BCUT2D eigenvalue weighted by Gasteiger charge is 2.22. The van der Waals surface area contributed by atoms with Gasteiger partial charge in [0.15, 0.2) is 0 Å². The highest BCUT2D eigenvalue weighted by atomic mass is 35.5. The zero-order valence-electron chi connectivity index (χ0n) is 15.6. The number of aromatic amines is 1. The van der Waals surface area contributed by atoms with Crippen LogP contribution in [0.4, 0.5) is 0 Å². The molecule has 1 saturated heterocycles. The van der Waals surface area contributed by atoms with Crippen LogP contribution in [0.3, 0.4) is 0 Å². The minimum Gasteiger partial charge on any atom is -0.379 e. The van der Waals surface area contributed by atoms with Gasteiger partial charge in [-0.1, -0.05) is 23.7 Å². The molecule has 2 N–H and O–H groups in total. The van der Waals surface area contributed by atoms with Crippen molar-refractivity contribution in [1.82, 2.24) is 25.4 Å². The maximum Gasteiger partial charge on any atom is 0.0710 e. The Morgan fingerprint density at radius 1 is 1.14 bits per heavy atom. The van der Waals surface area contributed by atoms with E-state index in [2.05, 4.69) is 37.5 Å². The highest BCUT2D eigenvalue weighted by molar-refractivity contribution is 6.30. The van der Waals surface area contributed by atoms with Gasteiger partial charge in [-0.2, -0.15) is 5.10 Å². The van der Waals surface area contributed by atoms with E-state index in [-0.39, 0.29) is 6.04 Å². The Hall–Kier alpha value is -2.25. The third-order valence-electron chi connectivity index (χ3n) is 5.06. The van der Waals surface area contributed by atoms with Crippen LogP contribution >= 0.6 is 11.6 Å². The summed E-state index contributed by atoms with van der Waals surface area (Å²) in [6.45, 7) is 4.98. The molecule has 1 aromatic carbocycles. The van der Waals surface area contributed by atoms with E-state index < -0.39 is 0 Å². The number of morpholine rings is 1. The molecule has 0 spiro atoms. The average molecular weight is 398 g/mol. The maximum absolute atomic E-state index is 6.08. The third-order valence-corrected chi connectivity index (χ3v) is 5.31. The standard InChI is InChI=1S/C21H24ClN5O/c22-19-5-3-16(4-6-19)20(27-8-10-28-11-9-27)15-24-13-18-14-25-26-21(18)17-2-1-7-23-12-17/h1-7,12,14,20,24H,8-11,13,15H2,(H,25,26). The van der Waals surface area contributed by atoms with Crippen LogP contribution in [-0.2, 0) is 11.3 Å². The Kier molecular flexibility index (Phi) is 6.34. The lowest BCUT2D eigenvalue weighted by molar-refractivity contribution is 0.0161.